The van der Waals surface area contributed by atoms with E-state index >= 15 is 0 Å². The molecule has 2 aliphatic rings. The number of rotatable bonds is 1. The highest BCUT2D eigenvalue weighted by Crippen LogP contribution is 2.49. The van der Waals surface area contributed by atoms with Gasteiger partial charge >= 0.3 is 5.97 Å². The molecule has 2 fully saturated rings. The molecule has 0 amide bonds. The minimum Gasteiger partial charge on any atom is -0.480 e. The van der Waals surface area contributed by atoms with Gasteiger partial charge in [0.2, 0.25) is 0 Å². The van der Waals surface area contributed by atoms with E-state index in [0.717, 1.165) is 19.3 Å². The van der Waals surface area contributed by atoms with Gasteiger partial charge in [-0.25, -0.2) is 0 Å². The second-order valence-corrected chi connectivity index (χ2v) is 3.95. The van der Waals surface area contributed by atoms with Gasteiger partial charge in [-0.1, -0.05) is 0 Å². The Labute approximate surface area is 70.4 Å². The molecule has 0 aromatic rings. The Morgan fingerprint density at radius 2 is 2.17 bits per heavy atom. The Morgan fingerprint density at radius 1 is 1.50 bits per heavy atom. The van der Waals surface area contributed by atoms with E-state index in [1.54, 1.807) is 0 Å². The van der Waals surface area contributed by atoms with Crippen molar-refractivity contribution in [2.45, 2.75) is 30.9 Å². The van der Waals surface area contributed by atoms with Crippen molar-refractivity contribution in [1.82, 2.24) is 0 Å². The molecule has 0 aromatic carbocycles. The molecule has 0 saturated heterocycles. The van der Waals surface area contributed by atoms with E-state index in [4.69, 9.17) is 10.8 Å². The van der Waals surface area contributed by atoms with E-state index in [2.05, 4.69) is 0 Å². The van der Waals surface area contributed by atoms with Crippen LogP contribution in [0.5, 0.6) is 0 Å². The van der Waals surface area contributed by atoms with Gasteiger partial charge < -0.3 is 15.9 Å². The molecule has 12 heavy (non-hydrogen) atoms. The number of aliphatic hydroxyl groups is 1. The summed E-state index contributed by atoms with van der Waals surface area (Å²) < 4.78 is 0. The lowest BCUT2D eigenvalue weighted by molar-refractivity contribution is -0.150. The largest absolute Gasteiger partial charge is 0.480 e. The fourth-order valence-corrected chi connectivity index (χ4v) is 2.67. The maximum Gasteiger partial charge on any atom is 0.326 e. The van der Waals surface area contributed by atoms with E-state index in [-0.39, 0.29) is 11.8 Å². The number of aliphatic carboxylic acids is 1. The Balaban J connectivity index is 2.32. The van der Waals surface area contributed by atoms with Gasteiger partial charge in [0.15, 0.2) is 0 Å². The molecule has 0 unspecified atom stereocenters. The van der Waals surface area contributed by atoms with Crippen molar-refractivity contribution >= 4 is 5.97 Å². The van der Waals surface area contributed by atoms with Crippen LogP contribution in [0, 0.1) is 11.8 Å². The fraction of sp³-hybridized carbons (Fsp3) is 0.875. The molecule has 4 heteroatoms. The third-order valence-electron chi connectivity index (χ3n) is 3.46. The van der Waals surface area contributed by atoms with Gasteiger partial charge in [-0.3, -0.25) is 4.79 Å². The molecule has 2 saturated carbocycles. The van der Waals surface area contributed by atoms with Gasteiger partial charge in [-0.05, 0) is 31.1 Å². The summed E-state index contributed by atoms with van der Waals surface area (Å²) in [6.07, 6.45) is 1.72. The monoisotopic (exact) mass is 171 g/mol. The molecular weight excluding hydrogens is 158 g/mol. The predicted octanol–water partition coefficient (Wildman–Crippen LogP) is -0.441. The summed E-state index contributed by atoms with van der Waals surface area (Å²) >= 11 is 0. The number of aliphatic hydroxyl groups excluding tert-OH is 1. The van der Waals surface area contributed by atoms with Crippen molar-refractivity contribution < 1.29 is 15.0 Å². The van der Waals surface area contributed by atoms with E-state index in [9.17, 15) is 9.90 Å². The van der Waals surface area contributed by atoms with Crippen molar-refractivity contribution in [3.05, 3.63) is 0 Å². The number of nitrogens with two attached hydrogens (primary N) is 1. The Hall–Kier alpha value is -0.610. The smallest absolute Gasteiger partial charge is 0.326 e. The second kappa shape index (κ2) is 2.20. The highest BCUT2D eigenvalue weighted by molar-refractivity contribution is 5.80. The van der Waals surface area contributed by atoms with Crippen LogP contribution in [0.4, 0.5) is 0 Å². The lowest BCUT2D eigenvalue weighted by atomic mass is 9.80. The van der Waals surface area contributed by atoms with Gasteiger partial charge in [0, 0.05) is 0 Å². The van der Waals surface area contributed by atoms with Crippen LogP contribution in [0.25, 0.3) is 0 Å². The summed E-state index contributed by atoms with van der Waals surface area (Å²) in [6.45, 7) is 0. The average molecular weight is 171 g/mol. The summed E-state index contributed by atoms with van der Waals surface area (Å²) in [4.78, 5) is 10.8. The number of carboxylic acid groups (broad SMARTS) is 1. The molecule has 4 N–H and O–H groups in total. The van der Waals surface area contributed by atoms with Crippen LogP contribution in [0.2, 0.25) is 0 Å². The van der Waals surface area contributed by atoms with E-state index in [0.29, 0.717) is 0 Å². The van der Waals surface area contributed by atoms with Crippen molar-refractivity contribution in [2.24, 2.45) is 17.6 Å². The molecule has 2 aliphatic carbocycles. The normalized spacial score (nSPS) is 51.3. The van der Waals surface area contributed by atoms with Gasteiger partial charge in [0.1, 0.15) is 5.54 Å². The summed E-state index contributed by atoms with van der Waals surface area (Å²) in [6, 6.07) is 0. The SMILES string of the molecule is N[C@@]1(C(=O)O)[C@H]2CC[C@H](C2)[C@H]1O. The average Bonchev–Trinajstić information content (AvgIpc) is 2.55. The number of fused-ring (bicyclic) bond motifs is 2. The quantitative estimate of drug-likeness (QED) is 0.499. The first-order chi connectivity index (χ1) is 5.56. The summed E-state index contributed by atoms with van der Waals surface area (Å²) in [5.41, 5.74) is 4.32. The molecule has 0 radical (unpaired) electrons. The highest BCUT2D eigenvalue weighted by atomic mass is 16.4. The maximum atomic E-state index is 10.8. The first kappa shape index (κ1) is 8.01. The van der Waals surface area contributed by atoms with Crippen molar-refractivity contribution in [2.75, 3.05) is 0 Å². The number of hydrogen-bond acceptors (Lipinski definition) is 3. The number of carboxylic acids is 1. The minimum absolute atomic E-state index is 0.0185. The topological polar surface area (TPSA) is 83.6 Å². The third-order valence-corrected chi connectivity index (χ3v) is 3.46. The molecule has 0 heterocycles. The lowest BCUT2D eigenvalue weighted by Gasteiger charge is -2.33. The van der Waals surface area contributed by atoms with Crippen molar-refractivity contribution in [1.29, 1.82) is 0 Å². The molecule has 68 valence electrons. The van der Waals surface area contributed by atoms with Crippen LogP contribution < -0.4 is 5.73 Å². The Kier molecular flexibility index (Phi) is 1.47. The summed E-state index contributed by atoms with van der Waals surface area (Å²) in [7, 11) is 0. The summed E-state index contributed by atoms with van der Waals surface area (Å²) in [5.74, 6) is -0.951. The molecule has 4 atom stereocenters. The molecular formula is C8H13NO3. The standard InChI is InChI=1S/C8H13NO3/c9-8(7(11)12)5-2-1-4(3-5)6(8)10/h4-6,10H,1-3,9H2,(H,11,12)/t4-,5+,6-,8+/m1/s1. The van der Waals surface area contributed by atoms with Gasteiger partial charge in [0.05, 0.1) is 6.10 Å². The van der Waals surface area contributed by atoms with Crippen LogP contribution in [-0.2, 0) is 4.79 Å². The fourth-order valence-electron chi connectivity index (χ4n) is 2.67. The molecule has 0 aromatic heterocycles. The Morgan fingerprint density at radius 3 is 2.50 bits per heavy atom. The van der Waals surface area contributed by atoms with Gasteiger partial charge in [-0.2, -0.15) is 0 Å². The van der Waals surface area contributed by atoms with Crippen LogP contribution in [0.15, 0.2) is 0 Å². The maximum absolute atomic E-state index is 10.8. The van der Waals surface area contributed by atoms with E-state index < -0.39 is 17.6 Å². The number of carbonyl (C=O) groups is 1. The predicted molar refractivity (Wildman–Crippen MR) is 41.4 cm³/mol. The Bertz CT molecular complexity index is 226. The van der Waals surface area contributed by atoms with Crippen LogP contribution in [0.1, 0.15) is 19.3 Å². The zero-order chi connectivity index (χ0) is 8.93. The zero-order valence-electron chi connectivity index (χ0n) is 6.73. The van der Waals surface area contributed by atoms with Gasteiger partial charge in [-0.15, -0.1) is 0 Å². The molecule has 2 bridgehead atoms. The zero-order valence-corrected chi connectivity index (χ0v) is 6.73. The molecule has 0 aliphatic heterocycles. The van der Waals surface area contributed by atoms with Gasteiger partial charge in [0.25, 0.3) is 0 Å². The molecule has 4 nitrogen and oxygen atoms in total. The molecule has 0 spiro atoms. The first-order valence-electron chi connectivity index (χ1n) is 4.27. The highest BCUT2D eigenvalue weighted by Gasteiger charge is 2.60. The first-order valence-corrected chi connectivity index (χ1v) is 4.27. The van der Waals surface area contributed by atoms with Crippen molar-refractivity contribution in [3.63, 3.8) is 0 Å². The van der Waals surface area contributed by atoms with E-state index in [1.165, 1.54) is 0 Å². The van der Waals surface area contributed by atoms with Crippen LogP contribution in [0.3, 0.4) is 0 Å². The number of hydrogen-bond donors (Lipinski definition) is 3. The molecule has 2 rings (SSSR count). The third kappa shape index (κ3) is 0.716. The summed E-state index contributed by atoms with van der Waals surface area (Å²) in [5, 5.41) is 18.5. The van der Waals surface area contributed by atoms with E-state index in [1.807, 2.05) is 0 Å². The van der Waals surface area contributed by atoms with Crippen LogP contribution >= 0.6 is 0 Å². The van der Waals surface area contributed by atoms with Crippen LogP contribution in [-0.4, -0.2) is 27.8 Å². The van der Waals surface area contributed by atoms with Crippen molar-refractivity contribution in [3.8, 4) is 0 Å². The lowest BCUT2D eigenvalue weighted by Crippen LogP contribution is -2.60. The second-order valence-electron chi connectivity index (χ2n) is 3.95. The minimum atomic E-state index is -1.36.